The van der Waals surface area contributed by atoms with Gasteiger partial charge in [0.05, 0.1) is 29.8 Å². The molecule has 0 radical (unpaired) electrons. The van der Waals surface area contributed by atoms with Crippen molar-refractivity contribution in [1.82, 2.24) is 0 Å². The van der Waals surface area contributed by atoms with Gasteiger partial charge in [-0.1, -0.05) is 11.6 Å². The predicted octanol–water partition coefficient (Wildman–Crippen LogP) is 4.35. The van der Waals surface area contributed by atoms with Crippen LogP contribution in [0.1, 0.15) is 11.1 Å². The van der Waals surface area contributed by atoms with Gasteiger partial charge < -0.3 is 14.2 Å². The summed E-state index contributed by atoms with van der Waals surface area (Å²) in [6.45, 7) is -0.223. The fraction of sp³-hybridized carbons (Fsp3) is 0.105. The second kappa shape index (κ2) is 9.91. The number of halogens is 3. The number of benzene rings is 2. The zero-order valence-electron chi connectivity index (χ0n) is 15.6. The number of carbonyl (C=O) groups is 2. The van der Waals surface area contributed by atoms with Gasteiger partial charge in [0.1, 0.15) is 5.75 Å². The SMILES string of the molecule is COC(=O)COc1c(I)cc(/C=C2\N=C(c3ccc([N+](=O)[O-])cc3Cl)OC2=O)cc1I. The number of nitro benzene ring substituents is 1. The van der Waals surface area contributed by atoms with Crippen molar-refractivity contribution in [3.63, 3.8) is 0 Å². The van der Waals surface area contributed by atoms with Gasteiger partial charge >= 0.3 is 11.9 Å². The third kappa shape index (κ3) is 5.51. The molecule has 0 fully saturated rings. The van der Waals surface area contributed by atoms with Crippen LogP contribution in [-0.2, 0) is 19.1 Å². The third-order valence-electron chi connectivity index (χ3n) is 3.90. The van der Waals surface area contributed by atoms with E-state index < -0.39 is 16.9 Å². The fourth-order valence-electron chi connectivity index (χ4n) is 2.46. The monoisotopic (exact) mass is 668 g/mol. The van der Waals surface area contributed by atoms with Crippen LogP contribution in [0.4, 0.5) is 5.69 Å². The smallest absolute Gasteiger partial charge is 0.363 e. The van der Waals surface area contributed by atoms with Gasteiger partial charge in [-0.15, -0.1) is 0 Å². The molecule has 0 aromatic heterocycles. The van der Waals surface area contributed by atoms with E-state index in [9.17, 15) is 19.7 Å². The molecule has 0 N–H and O–H groups in total. The molecule has 9 nitrogen and oxygen atoms in total. The maximum atomic E-state index is 12.3. The largest absolute Gasteiger partial charge is 0.480 e. The van der Waals surface area contributed by atoms with Crippen LogP contribution in [0.3, 0.4) is 0 Å². The summed E-state index contributed by atoms with van der Waals surface area (Å²) < 4.78 is 16.7. The van der Waals surface area contributed by atoms with Crippen molar-refractivity contribution >= 4 is 86.4 Å². The normalized spacial score (nSPS) is 14.3. The molecule has 0 atom stereocenters. The molecule has 0 saturated carbocycles. The van der Waals surface area contributed by atoms with E-state index in [-0.39, 0.29) is 34.5 Å². The molecule has 1 aliphatic heterocycles. The number of esters is 2. The Morgan fingerprint density at radius 1 is 1.29 bits per heavy atom. The van der Waals surface area contributed by atoms with Crippen LogP contribution in [-0.4, -0.2) is 36.5 Å². The van der Waals surface area contributed by atoms with Crippen molar-refractivity contribution in [1.29, 1.82) is 0 Å². The number of cyclic esters (lactones) is 1. The summed E-state index contributed by atoms with van der Waals surface area (Å²) in [7, 11) is 1.27. The Hall–Kier alpha value is -2.26. The molecular weight excluding hydrogens is 657 g/mol. The average Bonchev–Trinajstić information content (AvgIpc) is 3.06. The zero-order valence-corrected chi connectivity index (χ0v) is 20.6. The topological polar surface area (TPSA) is 117 Å². The van der Waals surface area contributed by atoms with Crippen molar-refractivity contribution < 1.29 is 28.7 Å². The van der Waals surface area contributed by atoms with E-state index in [1.54, 1.807) is 12.1 Å². The van der Waals surface area contributed by atoms with Crippen molar-refractivity contribution in [3.05, 3.63) is 69.4 Å². The van der Waals surface area contributed by atoms with Crippen LogP contribution < -0.4 is 4.74 Å². The van der Waals surface area contributed by atoms with Gasteiger partial charge in [0.2, 0.25) is 5.90 Å². The predicted molar refractivity (Wildman–Crippen MR) is 128 cm³/mol. The molecule has 0 spiro atoms. The van der Waals surface area contributed by atoms with Crippen LogP contribution in [0.5, 0.6) is 5.75 Å². The second-order valence-electron chi connectivity index (χ2n) is 5.94. The quantitative estimate of drug-likeness (QED) is 0.148. The third-order valence-corrected chi connectivity index (χ3v) is 5.82. The van der Waals surface area contributed by atoms with Gasteiger partial charge in [0.25, 0.3) is 5.69 Å². The lowest BCUT2D eigenvalue weighted by Crippen LogP contribution is -2.13. The first kappa shape index (κ1) is 23.4. The highest BCUT2D eigenvalue weighted by Crippen LogP contribution is 2.31. The van der Waals surface area contributed by atoms with Gasteiger partial charge in [-0.2, -0.15) is 0 Å². The molecule has 0 unspecified atom stereocenters. The van der Waals surface area contributed by atoms with E-state index in [2.05, 4.69) is 54.9 Å². The molecule has 1 aliphatic rings. The summed E-state index contributed by atoms with van der Waals surface area (Å²) in [5.41, 5.74) is 0.776. The Bertz CT molecular complexity index is 1140. The number of hydrogen-bond donors (Lipinski definition) is 0. The molecule has 3 rings (SSSR count). The van der Waals surface area contributed by atoms with Gasteiger partial charge in [0, 0.05) is 12.1 Å². The maximum Gasteiger partial charge on any atom is 0.363 e. The maximum absolute atomic E-state index is 12.3. The summed E-state index contributed by atoms with van der Waals surface area (Å²) in [6.07, 6.45) is 1.53. The lowest BCUT2D eigenvalue weighted by molar-refractivity contribution is -0.384. The number of aliphatic imine (C=N–C) groups is 1. The Morgan fingerprint density at radius 2 is 1.97 bits per heavy atom. The molecule has 0 bridgehead atoms. The summed E-state index contributed by atoms with van der Waals surface area (Å²) in [5, 5.41) is 10.9. The highest BCUT2D eigenvalue weighted by Gasteiger charge is 2.26. The highest BCUT2D eigenvalue weighted by atomic mass is 127. The standard InChI is InChI=1S/C19H11ClI2N2O7/c1-29-16(25)8-30-17-13(21)4-9(5-14(17)22)6-15-19(26)31-18(23-15)11-3-2-10(24(27)28)7-12(11)20/h2-7H,8H2,1H3/b15-6-. The van der Waals surface area contributed by atoms with E-state index in [0.29, 0.717) is 18.5 Å². The number of hydrogen-bond acceptors (Lipinski definition) is 8. The first-order valence-corrected chi connectivity index (χ1v) is 10.9. The zero-order chi connectivity index (χ0) is 22.7. The number of ether oxygens (including phenoxy) is 3. The van der Waals surface area contributed by atoms with Crippen LogP contribution in [0, 0.1) is 17.3 Å². The summed E-state index contributed by atoms with van der Waals surface area (Å²) >= 11 is 10.2. The Labute approximate surface area is 207 Å². The minimum atomic E-state index is -0.680. The first-order valence-electron chi connectivity index (χ1n) is 8.35. The summed E-state index contributed by atoms with van der Waals surface area (Å²) in [6, 6.07) is 7.28. The van der Waals surface area contributed by atoms with Gasteiger partial charge in [0.15, 0.2) is 12.3 Å². The highest BCUT2D eigenvalue weighted by molar-refractivity contribution is 14.1. The number of rotatable bonds is 6. The lowest BCUT2D eigenvalue weighted by atomic mass is 10.2. The van der Waals surface area contributed by atoms with E-state index >= 15 is 0 Å². The number of non-ortho nitro benzene ring substituents is 1. The number of nitrogens with zero attached hydrogens (tertiary/aromatic N) is 2. The molecule has 0 aliphatic carbocycles. The van der Waals surface area contributed by atoms with Crippen molar-refractivity contribution in [2.45, 2.75) is 0 Å². The molecule has 160 valence electrons. The lowest BCUT2D eigenvalue weighted by Gasteiger charge is -2.10. The van der Waals surface area contributed by atoms with Gasteiger partial charge in [-0.3, -0.25) is 10.1 Å². The van der Waals surface area contributed by atoms with E-state index in [4.69, 9.17) is 21.1 Å². The van der Waals surface area contributed by atoms with E-state index in [1.807, 2.05) is 0 Å². The molecule has 1 heterocycles. The Balaban J connectivity index is 1.88. The van der Waals surface area contributed by atoms with Gasteiger partial charge in [-0.05, 0) is 75.0 Å². The summed E-state index contributed by atoms with van der Waals surface area (Å²) in [5.74, 6) is -0.707. The number of nitro groups is 1. The molecular formula is C19H11ClI2N2O7. The molecule has 31 heavy (non-hydrogen) atoms. The minimum absolute atomic E-state index is 0.0400. The Morgan fingerprint density at radius 3 is 2.55 bits per heavy atom. The van der Waals surface area contributed by atoms with Crippen LogP contribution in [0.25, 0.3) is 6.08 Å². The van der Waals surface area contributed by atoms with Crippen LogP contribution in [0.15, 0.2) is 41.0 Å². The van der Waals surface area contributed by atoms with Crippen LogP contribution in [0.2, 0.25) is 5.02 Å². The summed E-state index contributed by atoms with van der Waals surface area (Å²) in [4.78, 5) is 38.0. The minimum Gasteiger partial charge on any atom is -0.480 e. The Kier molecular flexibility index (Phi) is 7.48. The average molecular weight is 669 g/mol. The molecule has 12 heteroatoms. The van der Waals surface area contributed by atoms with Crippen molar-refractivity contribution in [2.75, 3.05) is 13.7 Å². The van der Waals surface area contributed by atoms with Gasteiger partial charge in [-0.25, -0.2) is 14.6 Å². The van der Waals surface area contributed by atoms with Crippen molar-refractivity contribution in [2.24, 2.45) is 4.99 Å². The second-order valence-corrected chi connectivity index (χ2v) is 8.67. The number of methoxy groups -OCH3 is 1. The molecule has 0 amide bonds. The number of carbonyl (C=O) groups excluding carboxylic acids is 2. The first-order chi connectivity index (χ1) is 14.7. The molecule has 2 aromatic rings. The fourth-order valence-corrected chi connectivity index (χ4v) is 4.85. The molecule has 0 saturated heterocycles. The van der Waals surface area contributed by atoms with E-state index in [0.717, 1.165) is 6.07 Å². The van der Waals surface area contributed by atoms with Crippen LogP contribution >= 0.6 is 56.8 Å². The molecule has 2 aromatic carbocycles. The van der Waals surface area contributed by atoms with E-state index in [1.165, 1.54) is 25.3 Å². The van der Waals surface area contributed by atoms with Crippen molar-refractivity contribution in [3.8, 4) is 5.75 Å².